The normalized spacial score (nSPS) is 12.9. The van der Waals surface area contributed by atoms with E-state index in [0.29, 0.717) is 31.8 Å². The highest BCUT2D eigenvalue weighted by Gasteiger charge is 2.26. The molecule has 0 aliphatic rings. The molecule has 0 aliphatic carbocycles. The number of hydrogen-bond donors (Lipinski definition) is 3. The van der Waals surface area contributed by atoms with Gasteiger partial charge in [0.1, 0.15) is 12.1 Å². The zero-order valence-corrected chi connectivity index (χ0v) is 34.5. The van der Waals surface area contributed by atoms with Gasteiger partial charge in [0.05, 0.1) is 26.9 Å². The second-order valence-corrected chi connectivity index (χ2v) is 15.4. The Balaban J connectivity index is 4.50. The molecule has 3 unspecified atom stereocenters. The second-order valence-electron chi connectivity index (χ2n) is 14.2. The van der Waals surface area contributed by atoms with Crippen molar-refractivity contribution < 1.29 is 38.5 Å². The van der Waals surface area contributed by atoms with Gasteiger partial charge in [0.25, 0.3) is 0 Å². The van der Waals surface area contributed by atoms with Gasteiger partial charge in [0.2, 0.25) is 11.8 Å². The molecule has 3 atom stereocenters. The third-order valence-electron chi connectivity index (χ3n) is 9.33. The molecule has 0 saturated carbocycles. The summed E-state index contributed by atoms with van der Waals surface area (Å²) < 4.78 is 16.4. The number of hydrogen-bond acceptors (Lipinski definition) is 9. The molecule has 0 heterocycles. The maximum Gasteiger partial charge on any atom is 0.330 e. The Hall–Kier alpha value is -1.85. The fourth-order valence-electron chi connectivity index (χ4n) is 6.13. The van der Waals surface area contributed by atoms with E-state index < -0.39 is 30.6 Å². The van der Waals surface area contributed by atoms with Crippen molar-refractivity contribution in [3.05, 3.63) is 0 Å². The number of ether oxygens (including phenoxy) is 3. The first-order chi connectivity index (χ1) is 25.3. The van der Waals surface area contributed by atoms with Gasteiger partial charge in [-0.25, -0.2) is 4.79 Å². The number of methoxy groups -OCH3 is 1. The van der Waals surface area contributed by atoms with Crippen molar-refractivity contribution >= 4 is 35.5 Å². The van der Waals surface area contributed by atoms with Crippen LogP contribution in [0, 0.1) is 0 Å². The molecular weight excluding hydrogens is 681 g/mol. The second kappa shape index (κ2) is 37.5. The summed E-state index contributed by atoms with van der Waals surface area (Å²) in [5, 5.41) is 14.4. The lowest BCUT2D eigenvalue weighted by Gasteiger charge is -2.20. The number of rotatable bonds is 38. The number of unbranched alkanes of at least 4 members (excludes halogenated alkanes) is 20. The van der Waals surface area contributed by atoms with Crippen LogP contribution in [-0.4, -0.2) is 85.5 Å². The lowest BCUT2D eigenvalue weighted by atomic mass is 10.0. The van der Waals surface area contributed by atoms with E-state index in [1.165, 1.54) is 141 Å². The number of esters is 2. The van der Waals surface area contributed by atoms with Crippen molar-refractivity contribution in [2.24, 2.45) is 0 Å². The van der Waals surface area contributed by atoms with Crippen LogP contribution in [0.25, 0.3) is 0 Å². The first kappa shape index (κ1) is 50.1. The molecule has 2 amide bonds. The maximum atomic E-state index is 12.8. The summed E-state index contributed by atoms with van der Waals surface area (Å²) in [6, 6.07) is -2.08. The Morgan fingerprint density at radius 1 is 0.635 bits per heavy atom. The van der Waals surface area contributed by atoms with E-state index in [2.05, 4.69) is 29.2 Å². The van der Waals surface area contributed by atoms with Gasteiger partial charge in [-0.15, -0.1) is 0 Å². The Labute approximate surface area is 321 Å². The van der Waals surface area contributed by atoms with Crippen molar-refractivity contribution in [3.8, 4) is 0 Å². The topological polar surface area (TPSA) is 140 Å². The van der Waals surface area contributed by atoms with E-state index in [4.69, 9.17) is 9.47 Å². The van der Waals surface area contributed by atoms with Gasteiger partial charge in [-0.05, 0) is 19.3 Å². The first-order valence-electron chi connectivity index (χ1n) is 20.9. The van der Waals surface area contributed by atoms with Crippen LogP contribution in [0.15, 0.2) is 0 Å². The summed E-state index contributed by atoms with van der Waals surface area (Å²) in [4.78, 5) is 48.8. The number of aliphatic hydroxyl groups is 1. The van der Waals surface area contributed by atoms with Crippen LogP contribution in [0.4, 0.5) is 0 Å². The minimum atomic E-state index is -1.20. The van der Waals surface area contributed by atoms with E-state index >= 15 is 0 Å². The van der Waals surface area contributed by atoms with Crippen LogP contribution >= 0.6 is 11.8 Å². The Morgan fingerprint density at radius 2 is 1.13 bits per heavy atom. The number of thioether (sulfide) groups is 1. The van der Waals surface area contributed by atoms with Gasteiger partial charge in [0.15, 0.2) is 6.04 Å². The molecule has 3 N–H and O–H groups in total. The van der Waals surface area contributed by atoms with Crippen LogP contribution in [0.2, 0.25) is 0 Å². The summed E-state index contributed by atoms with van der Waals surface area (Å²) in [7, 11) is 1.17. The maximum absolute atomic E-state index is 12.8. The highest BCUT2D eigenvalue weighted by Crippen LogP contribution is 2.17. The van der Waals surface area contributed by atoms with Crippen molar-refractivity contribution in [1.29, 1.82) is 0 Å². The molecule has 0 spiro atoms. The molecule has 0 aromatic rings. The molecule has 0 fully saturated rings. The van der Waals surface area contributed by atoms with Crippen molar-refractivity contribution in [3.63, 3.8) is 0 Å². The zero-order chi connectivity index (χ0) is 38.5. The van der Waals surface area contributed by atoms with E-state index in [-0.39, 0.29) is 23.7 Å². The van der Waals surface area contributed by atoms with Gasteiger partial charge >= 0.3 is 11.9 Å². The number of carbonyl (C=O) groups is 4. The smallest absolute Gasteiger partial charge is 0.330 e. The monoisotopic (exact) mass is 759 g/mol. The Kier molecular flexibility index (Phi) is 36.1. The molecule has 0 aromatic carbocycles. The number of nitrogens with one attached hydrogen (secondary N) is 2. The Bertz CT molecular complexity index is 878. The molecule has 0 aromatic heterocycles. The molecule has 0 bridgehead atoms. The van der Waals surface area contributed by atoms with Crippen molar-refractivity contribution in [1.82, 2.24) is 10.6 Å². The minimum Gasteiger partial charge on any atom is -0.467 e. The number of amides is 2. The molecule has 306 valence electrons. The number of aliphatic hydroxyl groups excluding tert-OH is 1. The van der Waals surface area contributed by atoms with Crippen LogP contribution in [0.3, 0.4) is 0 Å². The lowest BCUT2D eigenvalue weighted by Crippen LogP contribution is -2.53. The fourth-order valence-corrected chi connectivity index (χ4v) is 7.01. The minimum absolute atomic E-state index is 0.0996. The average molecular weight is 759 g/mol. The van der Waals surface area contributed by atoms with Crippen LogP contribution in [-0.2, 0) is 33.4 Å². The molecule has 10 nitrogen and oxygen atoms in total. The van der Waals surface area contributed by atoms with Crippen molar-refractivity contribution in [2.45, 2.75) is 199 Å². The summed E-state index contributed by atoms with van der Waals surface area (Å²) in [6.07, 6.45) is 29.7. The standard InChI is InChI=1S/C41H78N2O8S/c1-5-7-9-11-13-15-16-17-18-20-22-24-26-28-39(46)51-36(27-25-23-21-19-14-12-10-8-6-2)29-30-50-31-32-52-34-38(42-35(3)45)40(47)43-37(33-44)41(48)49-4/h36-38,44H,5-34H2,1-4H3,(H,42,45)(H,43,47). The van der Waals surface area contributed by atoms with Gasteiger partial charge in [-0.2, -0.15) is 11.8 Å². The average Bonchev–Trinajstić information content (AvgIpc) is 3.13. The van der Waals surface area contributed by atoms with E-state index in [1.807, 2.05) is 0 Å². The summed E-state index contributed by atoms with van der Waals surface area (Å²) in [5.41, 5.74) is 0. The SMILES string of the molecule is CCCCCCCCCCCCCCCC(=O)OC(CCCCCCCCCCC)CCOCCSCC(NC(C)=O)C(=O)NC(CO)C(=O)OC. The molecule has 11 heteroatoms. The third-order valence-corrected chi connectivity index (χ3v) is 10.4. The summed E-state index contributed by atoms with van der Waals surface area (Å²) in [6.45, 7) is 6.13. The van der Waals surface area contributed by atoms with Crippen LogP contribution < -0.4 is 10.6 Å². The van der Waals surface area contributed by atoms with Gasteiger partial charge in [0, 0.05) is 31.3 Å². The molecule has 0 rings (SSSR count). The summed E-state index contributed by atoms with van der Waals surface area (Å²) in [5.74, 6) is -0.958. The third kappa shape index (κ3) is 31.7. The largest absolute Gasteiger partial charge is 0.467 e. The molecule has 52 heavy (non-hydrogen) atoms. The van der Waals surface area contributed by atoms with Gasteiger partial charge in [-0.1, -0.05) is 142 Å². The van der Waals surface area contributed by atoms with Crippen LogP contribution in [0.5, 0.6) is 0 Å². The highest BCUT2D eigenvalue weighted by atomic mass is 32.2. The predicted molar refractivity (Wildman–Crippen MR) is 213 cm³/mol. The molecule has 0 radical (unpaired) electrons. The Morgan fingerprint density at radius 3 is 1.62 bits per heavy atom. The predicted octanol–water partition coefficient (Wildman–Crippen LogP) is 8.60. The van der Waals surface area contributed by atoms with Gasteiger partial charge < -0.3 is 30.0 Å². The highest BCUT2D eigenvalue weighted by molar-refractivity contribution is 7.99. The van der Waals surface area contributed by atoms with E-state index in [1.54, 1.807) is 0 Å². The molecule has 0 saturated heterocycles. The zero-order valence-electron chi connectivity index (χ0n) is 33.7. The van der Waals surface area contributed by atoms with E-state index in [0.717, 1.165) is 32.1 Å². The summed E-state index contributed by atoms with van der Waals surface area (Å²) >= 11 is 1.44. The van der Waals surface area contributed by atoms with Crippen molar-refractivity contribution in [2.75, 3.05) is 38.4 Å². The van der Waals surface area contributed by atoms with E-state index in [9.17, 15) is 24.3 Å². The number of carbonyl (C=O) groups excluding carboxylic acids is 4. The van der Waals surface area contributed by atoms with Crippen LogP contribution in [0.1, 0.15) is 181 Å². The first-order valence-corrected chi connectivity index (χ1v) is 22.0. The quantitative estimate of drug-likeness (QED) is 0.0417. The lowest BCUT2D eigenvalue weighted by molar-refractivity contribution is -0.150. The fraction of sp³-hybridized carbons (Fsp3) is 0.902. The molecule has 0 aliphatic heterocycles. The van der Waals surface area contributed by atoms with Gasteiger partial charge in [-0.3, -0.25) is 14.4 Å². The molecular formula is C41H78N2O8S.